The molecule has 1 aromatic carbocycles. The number of nitrogens with zero attached hydrogens (tertiary/aromatic N) is 2. The van der Waals surface area contributed by atoms with Gasteiger partial charge in [-0.1, -0.05) is 18.2 Å². The van der Waals surface area contributed by atoms with E-state index >= 15 is 0 Å². The molecule has 1 heterocycles. The van der Waals surface area contributed by atoms with E-state index in [0.717, 1.165) is 6.07 Å². The van der Waals surface area contributed by atoms with Crippen LogP contribution in [0.4, 0.5) is 24.9 Å². The maximum atomic E-state index is 12.9. The second kappa shape index (κ2) is 6.30. The van der Waals surface area contributed by atoms with E-state index in [0.29, 0.717) is 16.2 Å². The molecule has 0 spiro atoms. The van der Waals surface area contributed by atoms with Gasteiger partial charge < -0.3 is 10.6 Å². The molecule has 0 fully saturated rings. The SMILES string of the molecule is CNc1ncc(Br)c(NCc2ccccc2C(F)(F)F)n1. The van der Waals surface area contributed by atoms with Gasteiger partial charge >= 0.3 is 6.18 Å². The Labute approximate surface area is 127 Å². The molecule has 0 saturated carbocycles. The average molecular weight is 361 g/mol. The number of rotatable bonds is 4. The Bertz CT molecular complexity index is 631. The minimum atomic E-state index is -4.38. The lowest BCUT2D eigenvalue weighted by Gasteiger charge is -2.14. The fourth-order valence-corrected chi connectivity index (χ4v) is 2.07. The van der Waals surface area contributed by atoms with E-state index in [1.54, 1.807) is 13.1 Å². The lowest BCUT2D eigenvalue weighted by atomic mass is 10.1. The van der Waals surface area contributed by atoms with Crippen LogP contribution in [0, 0.1) is 0 Å². The van der Waals surface area contributed by atoms with Crippen LogP contribution >= 0.6 is 15.9 Å². The van der Waals surface area contributed by atoms with E-state index in [2.05, 4.69) is 36.5 Å². The summed E-state index contributed by atoms with van der Waals surface area (Å²) in [5.74, 6) is 0.802. The van der Waals surface area contributed by atoms with Crippen molar-refractivity contribution in [2.24, 2.45) is 0 Å². The Kier molecular flexibility index (Phi) is 4.66. The molecule has 0 aliphatic heterocycles. The summed E-state index contributed by atoms with van der Waals surface area (Å²) >= 11 is 3.25. The predicted octanol–water partition coefficient (Wildman–Crippen LogP) is 3.91. The Balaban J connectivity index is 2.21. The first kappa shape index (κ1) is 15.6. The maximum absolute atomic E-state index is 12.9. The standard InChI is InChI=1S/C13H12BrF3N4/c1-18-12-20-7-10(14)11(21-12)19-6-8-4-2-3-5-9(8)13(15,16)17/h2-5,7H,6H2,1H3,(H2,18,19,20,21). The van der Waals surface area contributed by atoms with E-state index in [1.807, 2.05) is 0 Å². The third-order valence-electron chi connectivity index (χ3n) is 2.74. The van der Waals surface area contributed by atoms with Gasteiger partial charge in [0, 0.05) is 19.8 Å². The number of aromatic nitrogens is 2. The molecule has 0 bridgehead atoms. The van der Waals surface area contributed by atoms with Gasteiger partial charge in [-0.25, -0.2) is 4.98 Å². The van der Waals surface area contributed by atoms with Gasteiger partial charge in [-0.15, -0.1) is 0 Å². The topological polar surface area (TPSA) is 49.8 Å². The second-order valence-electron chi connectivity index (χ2n) is 4.15. The first-order valence-electron chi connectivity index (χ1n) is 6.01. The van der Waals surface area contributed by atoms with Crippen molar-refractivity contribution >= 4 is 27.7 Å². The maximum Gasteiger partial charge on any atom is 0.416 e. The van der Waals surface area contributed by atoms with E-state index in [4.69, 9.17) is 0 Å². The van der Waals surface area contributed by atoms with Crippen molar-refractivity contribution in [2.45, 2.75) is 12.7 Å². The summed E-state index contributed by atoms with van der Waals surface area (Å²) in [6.07, 6.45) is -2.85. The van der Waals surface area contributed by atoms with Crippen LogP contribution in [-0.2, 0) is 12.7 Å². The van der Waals surface area contributed by atoms with Crippen LogP contribution in [-0.4, -0.2) is 17.0 Å². The molecule has 8 heteroatoms. The molecule has 0 aliphatic carbocycles. The summed E-state index contributed by atoms with van der Waals surface area (Å²) in [5.41, 5.74) is -0.502. The highest BCUT2D eigenvalue weighted by Crippen LogP contribution is 2.32. The van der Waals surface area contributed by atoms with Crippen LogP contribution in [0.3, 0.4) is 0 Å². The fourth-order valence-electron chi connectivity index (χ4n) is 1.74. The quantitative estimate of drug-likeness (QED) is 0.867. The summed E-state index contributed by atoms with van der Waals surface area (Å²) in [6, 6.07) is 5.43. The largest absolute Gasteiger partial charge is 0.416 e. The number of anilines is 2. The van der Waals surface area contributed by atoms with Crippen molar-refractivity contribution in [1.29, 1.82) is 0 Å². The number of hydrogen-bond donors (Lipinski definition) is 2. The van der Waals surface area contributed by atoms with Gasteiger partial charge in [-0.2, -0.15) is 18.2 Å². The zero-order chi connectivity index (χ0) is 15.5. The van der Waals surface area contributed by atoms with Gasteiger partial charge in [0.05, 0.1) is 10.0 Å². The average Bonchev–Trinajstić information content (AvgIpc) is 2.46. The van der Waals surface area contributed by atoms with Gasteiger partial charge in [-0.05, 0) is 27.6 Å². The molecule has 0 radical (unpaired) electrons. The van der Waals surface area contributed by atoms with Crippen LogP contribution in [0.25, 0.3) is 0 Å². The lowest BCUT2D eigenvalue weighted by molar-refractivity contribution is -0.138. The van der Waals surface area contributed by atoms with Crippen LogP contribution < -0.4 is 10.6 Å². The summed E-state index contributed by atoms with van der Waals surface area (Å²) < 4.78 is 39.3. The number of hydrogen-bond acceptors (Lipinski definition) is 4. The van der Waals surface area contributed by atoms with Gasteiger partial charge in [0.25, 0.3) is 0 Å². The predicted molar refractivity (Wildman–Crippen MR) is 78.0 cm³/mol. The summed E-state index contributed by atoms with van der Waals surface area (Å²) in [7, 11) is 1.66. The van der Waals surface area contributed by atoms with Gasteiger partial charge in [0.1, 0.15) is 5.82 Å². The van der Waals surface area contributed by atoms with E-state index in [9.17, 15) is 13.2 Å². The summed E-state index contributed by atoms with van der Waals surface area (Å²) in [4.78, 5) is 8.12. The Morgan fingerprint density at radius 2 is 1.95 bits per heavy atom. The van der Waals surface area contributed by atoms with Crippen LogP contribution in [0.1, 0.15) is 11.1 Å². The highest BCUT2D eigenvalue weighted by molar-refractivity contribution is 9.10. The normalized spacial score (nSPS) is 11.3. The first-order valence-corrected chi connectivity index (χ1v) is 6.80. The third-order valence-corrected chi connectivity index (χ3v) is 3.32. The Hall–Kier alpha value is -1.83. The molecule has 0 aliphatic rings. The number of nitrogens with one attached hydrogen (secondary N) is 2. The number of alkyl halides is 3. The minimum absolute atomic E-state index is 0.00838. The Morgan fingerprint density at radius 1 is 1.24 bits per heavy atom. The molecule has 4 nitrogen and oxygen atoms in total. The number of benzene rings is 1. The lowest BCUT2D eigenvalue weighted by Crippen LogP contribution is -2.12. The molecule has 1 aromatic heterocycles. The highest BCUT2D eigenvalue weighted by atomic mass is 79.9. The molecule has 21 heavy (non-hydrogen) atoms. The van der Waals surface area contributed by atoms with E-state index in [-0.39, 0.29) is 12.1 Å². The summed E-state index contributed by atoms with van der Waals surface area (Å²) in [5, 5.41) is 5.64. The molecule has 2 N–H and O–H groups in total. The van der Waals surface area contributed by atoms with Crippen LogP contribution in [0.2, 0.25) is 0 Å². The van der Waals surface area contributed by atoms with Crippen molar-refractivity contribution in [3.63, 3.8) is 0 Å². The second-order valence-corrected chi connectivity index (χ2v) is 5.00. The molecular formula is C13H12BrF3N4. The van der Waals surface area contributed by atoms with Crippen molar-refractivity contribution in [3.05, 3.63) is 46.1 Å². The van der Waals surface area contributed by atoms with Gasteiger partial charge in [0.15, 0.2) is 0 Å². The fraction of sp³-hybridized carbons (Fsp3) is 0.231. The Morgan fingerprint density at radius 3 is 2.62 bits per heavy atom. The third kappa shape index (κ3) is 3.84. The van der Waals surface area contributed by atoms with Crippen molar-refractivity contribution in [2.75, 3.05) is 17.7 Å². The van der Waals surface area contributed by atoms with Crippen molar-refractivity contribution < 1.29 is 13.2 Å². The first-order chi connectivity index (χ1) is 9.91. The highest BCUT2D eigenvalue weighted by Gasteiger charge is 2.32. The molecule has 0 saturated heterocycles. The van der Waals surface area contributed by atoms with Gasteiger partial charge in [0.2, 0.25) is 5.95 Å². The molecular weight excluding hydrogens is 349 g/mol. The molecule has 0 amide bonds. The van der Waals surface area contributed by atoms with E-state index < -0.39 is 11.7 Å². The van der Waals surface area contributed by atoms with Gasteiger partial charge in [-0.3, -0.25) is 0 Å². The molecule has 2 rings (SSSR count). The molecule has 2 aromatic rings. The van der Waals surface area contributed by atoms with Crippen LogP contribution in [0.15, 0.2) is 34.9 Å². The summed E-state index contributed by atoms with van der Waals surface area (Å²) in [6.45, 7) is 0.00838. The zero-order valence-electron chi connectivity index (χ0n) is 11.0. The molecule has 0 unspecified atom stereocenters. The number of halogens is 4. The van der Waals surface area contributed by atoms with Crippen molar-refractivity contribution in [1.82, 2.24) is 9.97 Å². The zero-order valence-corrected chi connectivity index (χ0v) is 12.6. The molecule has 112 valence electrons. The minimum Gasteiger partial charge on any atom is -0.365 e. The van der Waals surface area contributed by atoms with E-state index in [1.165, 1.54) is 18.3 Å². The monoisotopic (exact) mass is 360 g/mol. The van der Waals surface area contributed by atoms with Crippen LogP contribution in [0.5, 0.6) is 0 Å². The smallest absolute Gasteiger partial charge is 0.365 e. The molecule has 0 atom stereocenters. The van der Waals surface area contributed by atoms with Crippen molar-refractivity contribution in [3.8, 4) is 0 Å².